The van der Waals surface area contributed by atoms with Crippen LogP contribution in [0, 0.1) is 20.8 Å². The molecule has 0 aliphatic carbocycles. The van der Waals surface area contributed by atoms with Gasteiger partial charge in [0.25, 0.3) is 5.91 Å². The molecule has 3 heterocycles. The molecule has 0 saturated carbocycles. The second kappa shape index (κ2) is 7.50. The van der Waals surface area contributed by atoms with Gasteiger partial charge in [-0.25, -0.2) is 4.98 Å². The van der Waals surface area contributed by atoms with E-state index in [1.54, 1.807) is 6.20 Å². The first kappa shape index (κ1) is 18.3. The van der Waals surface area contributed by atoms with E-state index in [-0.39, 0.29) is 5.91 Å². The maximum atomic E-state index is 12.9. The van der Waals surface area contributed by atoms with Crippen LogP contribution in [0.2, 0.25) is 0 Å². The highest BCUT2D eigenvalue weighted by Crippen LogP contribution is 2.25. The first-order valence-electron chi connectivity index (χ1n) is 9.74. The number of piperazine rings is 1. The average molecular weight is 374 g/mol. The molecule has 1 aromatic carbocycles. The van der Waals surface area contributed by atoms with E-state index < -0.39 is 0 Å². The highest BCUT2D eigenvalue weighted by Gasteiger charge is 2.23. The quantitative estimate of drug-likeness (QED) is 0.701. The van der Waals surface area contributed by atoms with Crippen LogP contribution in [0.25, 0.3) is 5.82 Å². The van der Waals surface area contributed by atoms with Gasteiger partial charge in [-0.2, -0.15) is 0 Å². The zero-order valence-corrected chi connectivity index (χ0v) is 16.7. The lowest BCUT2D eigenvalue weighted by atomic mass is 10.0. The molecule has 0 spiro atoms. The molecule has 1 aliphatic rings. The molecule has 28 heavy (non-hydrogen) atoms. The minimum absolute atomic E-state index is 0.0583. The van der Waals surface area contributed by atoms with Gasteiger partial charge in [-0.15, -0.1) is 0 Å². The summed E-state index contributed by atoms with van der Waals surface area (Å²) < 4.78 is 1.93. The summed E-state index contributed by atoms with van der Waals surface area (Å²) in [5.41, 5.74) is 5.87. The first-order chi connectivity index (χ1) is 13.5. The molecule has 0 unspecified atom stereocenters. The van der Waals surface area contributed by atoms with Crippen molar-refractivity contribution >= 4 is 11.6 Å². The van der Waals surface area contributed by atoms with E-state index in [1.807, 2.05) is 46.1 Å². The number of anilines is 1. The standard InChI is InChI=1S/C23H26N4O/c1-17-14-19(3)21(15-18(17)2)25-10-12-27(13-11-25)23(28)20-6-7-22(24-16-20)26-8-4-5-9-26/h4-9,14-16H,10-13H2,1-3H3. The molecule has 1 amide bonds. The number of benzene rings is 1. The molecule has 5 nitrogen and oxygen atoms in total. The highest BCUT2D eigenvalue weighted by atomic mass is 16.2. The molecule has 1 aliphatic heterocycles. The number of rotatable bonds is 3. The molecule has 0 N–H and O–H groups in total. The van der Waals surface area contributed by atoms with Crippen molar-refractivity contribution in [3.8, 4) is 5.82 Å². The zero-order valence-electron chi connectivity index (χ0n) is 16.7. The normalized spacial score (nSPS) is 14.4. The van der Waals surface area contributed by atoms with Crippen molar-refractivity contribution in [2.45, 2.75) is 20.8 Å². The third-order valence-corrected chi connectivity index (χ3v) is 5.58. The molecular formula is C23H26N4O. The molecule has 5 heteroatoms. The summed E-state index contributed by atoms with van der Waals surface area (Å²) in [7, 11) is 0. The highest BCUT2D eigenvalue weighted by molar-refractivity contribution is 5.94. The summed E-state index contributed by atoms with van der Waals surface area (Å²) in [5, 5.41) is 0. The van der Waals surface area contributed by atoms with Crippen LogP contribution in [0.3, 0.4) is 0 Å². The third-order valence-electron chi connectivity index (χ3n) is 5.58. The minimum atomic E-state index is 0.0583. The fourth-order valence-electron chi connectivity index (χ4n) is 3.77. The number of aromatic nitrogens is 2. The van der Waals surface area contributed by atoms with Gasteiger partial charge >= 0.3 is 0 Å². The lowest BCUT2D eigenvalue weighted by molar-refractivity contribution is 0.0746. The molecule has 1 fully saturated rings. The maximum absolute atomic E-state index is 12.9. The van der Waals surface area contributed by atoms with Crippen molar-refractivity contribution in [1.82, 2.24) is 14.5 Å². The summed E-state index contributed by atoms with van der Waals surface area (Å²) >= 11 is 0. The molecule has 0 radical (unpaired) electrons. The number of hydrogen-bond donors (Lipinski definition) is 0. The van der Waals surface area contributed by atoms with Crippen LogP contribution < -0.4 is 4.90 Å². The topological polar surface area (TPSA) is 41.4 Å². The Bertz CT molecular complexity index is 969. The minimum Gasteiger partial charge on any atom is -0.368 e. The van der Waals surface area contributed by atoms with Gasteiger partial charge in [0, 0.05) is 50.5 Å². The monoisotopic (exact) mass is 374 g/mol. The Labute approximate surface area is 166 Å². The largest absolute Gasteiger partial charge is 0.368 e. The Morgan fingerprint density at radius 1 is 0.893 bits per heavy atom. The van der Waals surface area contributed by atoms with Crippen LogP contribution >= 0.6 is 0 Å². The molecule has 1 saturated heterocycles. The van der Waals surface area contributed by atoms with E-state index in [0.717, 1.165) is 32.0 Å². The van der Waals surface area contributed by atoms with E-state index >= 15 is 0 Å². The Balaban J connectivity index is 1.42. The summed E-state index contributed by atoms with van der Waals surface area (Å²) in [6.07, 6.45) is 5.56. The van der Waals surface area contributed by atoms with E-state index in [9.17, 15) is 4.79 Å². The van der Waals surface area contributed by atoms with Crippen molar-refractivity contribution in [3.05, 3.63) is 77.2 Å². The van der Waals surface area contributed by atoms with Crippen LogP contribution in [0.5, 0.6) is 0 Å². The van der Waals surface area contributed by atoms with E-state index in [1.165, 1.54) is 22.4 Å². The lowest BCUT2D eigenvalue weighted by Gasteiger charge is -2.37. The van der Waals surface area contributed by atoms with Gasteiger partial charge in [0.2, 0.25) is 0 Å². The number of aryl methyl sites for hydroxylation is 3. The maximum Gasteiger partial charge on any atom is 0.255 e. The Hall–Kier alpha value is -3.08. The molecule has 2 aromatic heterocycles. The van der Waals surface area contributed by atoms with Crippen LogP contribution in [0.1, 0.15) is 27.0 Å². The van der Waals surface area contributed by atoms with Crippen molar-refractivity contribution < 1.29 is 4.79 Å². The fourth-order valence-corrected chi connectivity index (χ4v) is 3.77. The van der Waals surface area contributed by atoms with Crippen LogP contribution in [-0.2, 0) is 0 Å². The Morgan fingerprint density at radius 3 is 2.21 bits per heavy atom. The number of pyridine rings is 1. The second-order valence-electron chi connectivity index (χ2n) is 7.50. The number of carbonyl (C=O) groups is 1. The predicted molar refractivity (Wildman–Crippen MR) is 112 cm³/mol. The Morgan fingerprint density at radius 2 is 1.57 bits per heavy atom. The van der Waals surface area contributed by atoms with E-state index in [4.69, 9.17) is 0 Å². The van der Waals surface area contributed by atoms with Crippen LogP contribution in [-0.4, -0.2) is 46.5 Å². The molecule has 0 atom stereocenters. The summed E-state index contributed by atoms with van der Waals surface area (Å²) in [6.45, 7) is 9.63. The summed E-state index contributed by atoms with van der Waals surface area (Å²) in [6, 6.07) is 12.2. The van der Waals surface area contributed by atoms with E-state index in [0.29, 0.717) is 5.56 Å². The number of hydrogen-bond acceptors (Lipinski definition) is 3. The predicted octanol–water partition coefficient (Wildman–Crippen LogP) is 3.76. The SMILES string of the molecule is Cc1cc(C)c(N2CCN(C(=O)c3ccc(-n4cccc4)nc3)CC2)cc1C. The van der Waals surface area contributed by atoms with E-state index in [2.05, 4.69) is 42.8 Å². The molecule has 144 valence electrons. The van der Waals surface area contributed by atoms with Crippen molar-refractivity contribution in [1.29, 1.82) is 0 Å². The summed E-state index contributed by atoms with van der Waals surface area (Å²) in [4.78, 5) is 21.6. The number of amides is 1. The zero-order chi connectivity index (χ0) is 19.7. The van der Waals surface area contributed by atoms with Crippen molar-refractivity contribution in [2.75, 3.05) is 31.1 Å². The van der Waals surface area contributed by atoms with Gasteiger partial charge in [-0.1, -0.05) is 6.07 Å². The lowest BCUT2D eigenvalue weighted by Crippen LogP contribution is -2.49. The molecule has 0 bridgehead atoms. The van der Waals surface area contributed by atoms with Crippen LogP contribution in [0.15, 0.2) is 55.0 Å². The molecule has 4 rings (SSSR count). The number of carbonyl (C=O) groups excluding carboxylic acids is 1. The smallest absolute Gasteiger partial charge is 0.255 e. The van der Waals surface area contributed by atoms with Gasteiger partial charge in [0.15, 0.2) is 0 Å². The van der Waals surface area contributed by atoms with Gasteiger partial charge < -0.3 is 14.4 Å². The third kappa shape index (κ3) is 3.52. The Kier molecular flexibility index (Phi) is 4.90. The fraction of sp³-hybridized carbons (Fsp3) is 0.304. The summed E-state index contributed by atoms with van der Waals surface area (Å²) in [5.74, 6) is 0.875. The second-order valence-corrected chi connectivity index (χ2v) is 7.50. The van der Waals surface area contributed by atoms with Gasteiger partial charge in [0.1, 0.15) is 5.82 Å². The average Bonchev–Trinajstić information content (AvgIpc) is 3.25. The van der Waals surface area contributed by atoms with Crippen molar-refractivity contribution in [2.24, 2.45) is 0 Å². The van der Waals surface area contributed by atoms with Crippen molar-refractivity contribution in [3.63, 3.8) is 0 Å². The number of nitrogens with zero attached hydrogens (tertiary/aromatic N) is 4. The van der Waals surface area contributed by atoms with Crippen LogP contribution in [0.4, 0.5) is 5.69 Å². The molecular weight excluding hydrogens is 348 g/mol. The molecule has 3 aromatic rings. The first-order valence-corrected chi connectivity index (χ1v) is 9.74. The van der Waals surface area contributed by atoms with Gasteiger partial charge in [-0.3, -0.25) is 4.79 Å². The van der Waals surface area contributed by atoms with Gasteiger partial charge in [0.05, 0.1) is 5.56 Å². The van der Waals surface area contributed by atoms with Gasteiger partial charge in [-0.05, 0) is 67.8 Å².